The molecule has 1 aromatic heterocycles. The van der Waals surface area contributed by atoms with E-state index < -0.39 is 0 Å². The van der Waals surface area contributed by atoms with E-state index in [2.05, 4.69) is 22.2 Å². The van der Waals surface area contributed by atoms with E-state index in [4.69, 9.17) is 5.73 Å². The normalized spacial score (nSPS) is 17.8. The molecule has 0 saturated heterocycles. The summed E-state index contributed by atoms with van der Waals surface area (Å²) in [4.78, 5) is 8.12. The fourth-order valence-electron chi connectivity index (χ4n) is 1.58. The monoisotopic (exact) mass is 192 g/mol. The molecule has 0 unspecified atom stereocenters. The maximum absolute atomic E-state index is 5.53. The van der Waals surface area contributed by atoms with Crippen LogP contribution >= 0.6 is 0 Å². The summed E-state index contributed by atoms with van der Waals surface area (Å²) >= 11 is 0. The Morgan fingerprint density at radius 1 is 1.50 bits per heavy atom. The van der Waals surface area contributed by atoms with Crippen molar-refractivity contribution in [3.63, 3.8) is 0 Å². The van der Waals surface area contributed by atoms with Gasteiger partial charge in [0.1, 0.15) is 11.6 Å². The molecule has 1 aliphatic rings. The highest BCUT2D eigenvalue weighted by molar-refractivity contribution is 5.38. The second-order valence-electron chi connectivity index (χ2n) is 4.04. The molecule has 2 rings (SSSR count). The van der Waals surface area contributed by atoms with Gasteiger partial charge in [-0.2, -0.15) is 0 Å². The van der Waals surface area contributed by atoms with Crippen LogP contribution in [0.1, 0.15) is 26.2 Å². The van der Waals surface area contributed by atoms with Gasteiger partial charge in [-0.15, -0.1) is 0 Å². The number of nitrogens with two attached hydrogens (primary N) is 1. The Labute approximate surface area is 83.9 Å². The first kappa shape index (κ1) is 9.24. The minimum Gasteiger partial charge on any atom is -0.382 e. The summed E-state index contributed by atoms with van der Waals surface area (Å²) in [5.41, 5.74) is 6.05. The first-order valence-electron chi connectivity index (χ1n) is 5.05. The summed E-state index contributed by atoms with van der Waals surface area (Å²) in [6, 6.07) is 0. The van der Waals surface area contributed by atoms with E-state index >= 15 is 0 Å². The first-order valence-corrected chi connectivity index (χ1v) is 5.05. The molecule has 1 aliphatic carbocycles. The Bertz CT molecular complexity index is 320. The van der Waals surface area contributed by atoms with Crippen molar-refractivity contribution in [3.05, 3.63) is 12.4 Å². The maximum Gasteiger partial charge on any atom is 0.146 e. The summed E-state index contributed by atoms with van der Waals surface area (Å²) in [7, 11) is 0. The van der Waals surface area contributed by atoms with Crippen molar-refractivity contribution in [2.45, 2.75) is 26.2 Å². The van der Waals surface area contributed by atoms with Crippen molar-refractivity contribution >= 4 is 11.6 Å². The molecule has 1 aromatic rings. The van der Waals surface area contributed by atoms with Gasteiger partial charge >= 0.3 is 0 Å². The zero-order valence-electron chi connectivity index (χ0n) is 8.45. The molecule has 3 N–H and O–H groups in total. The number of aromatic nitrogens is 2. The van der Waals surface area contributed by atoms with Crippen LogP contribution in [-0.2, 0) is 0 Å². The van der Waals surface area contributed by atoms with Crippen molar-refractivity contribution in [1.29, 1.82) is 0 Å². The largest absolute Gasteiger partial charge is 0.382 e. The van der Waals surface area contributed by atoms with Crippen LogP contribution in [0.25, 0.3) is 0 Å². The topological polar surface area (TPSA) is 63.8 Å². The van der Waals surface area contributed by atoms with Crippen LogP contribution < -0.4 is 11.1 Å². The molecule has 4 heteroatoms. The van der Waals surface area contributed by atoms with Gasteiger partial charge in [-0.3, -0.25) is 4.98 Å². The number of nitrogen functional groups attached to an aromatic ring is 1. The summed E-state index contributed by atoms with van der Waals surface area (Å²) in [6.45, 7) is 3.22. The summed E-state index contributed by atoms with van der Waals surface area (Å²) in [5.74, 6) is 1.25. The van der Waals surface area contributed by atoms with E-state index in [1.165, 1.54) is 19.3 Å². The summed E-state index contributed by atoms with van der Waals surface area (Å²) in [5, 5.41) is 3.29. The predicted octanol–water partition coefficient (Wildman–Crippen LogP) is 1.66. The molecular formula is C10H16N4. The molecule has 0 radical (unpaired) electrons. The number of hydrogen-bond donors (Lipinski definition) is 2. The number of hydrogen-bond acceptors (Lipinski definition) is 4. The molecule has 76 valence electrons. The SMILES string of the molecule is CCC1(CNc2cncc(N)n2)CC1. The van der Waals surface area contributed by atoms with Gasteiger partial charge in [0, 0.05) is 6.54 Å². The van der Waals surface area contributed by atoms with E-state index in [0.29, 0.717) is 11.2 Å². The third kappa shape index (κ3) is 1.95. The quantitative estimate of drug-likeness (QED) is 0.761. The van der Waals surface area contributed by atoms with Crippen LogP contribution in [0.2, 0.25) is 0 Å². The summed E-state index contributed by atoms with van der Waals surface area (Å²) in [6.07, 6.45) is 7.15. The van der Waals surface area contributed by atoms with E-state index in [0.717, 1.165) is 12.4 Å². The van der Waals surface area contributed by atoms with Gasteiger partial charge in [-0.1, -0.05) is 6.92 Å². The van der Waals surface area contributed by atoms with Crippen LogP contribution in [0.4, 0.5) is 11.6 Å². The van der Waals surface area contributed by atoms with Crippen LogP contribution in [0.5, 0.6) is 0 Å². The molecular weight excluding hydrogens is 176 g/mol. The van der Waals surface area contributed by atoms with Gasteiger partial charge in [-0.05, 0) is 24.7 Å². The lowest BCUT2D eigenvalue weighted by Gasteiger charge is -2.13. The van der Waals surface area contributed by atoms with Crippen molar-refractivity contribution in [2.75, 3.05) is 17.6 Å². The predicted molar refractivity (Wildman–Crippen MR) is 56.9 cm³/mol. The molecule has 0 atom stereocenters. The standard InChI is InChI=1S/C10H16N4/c1-2-10(3-4-10)7-13-9-6-12-5-8(11)14-9/h5-6H,2-4,7H2,1H3,(H3,11,13,14). The van der Waals surface area contributed by atoms with Gasteiger partial charge in [0.05, 0.1) is 12.4 Å². The molecule has 0 bridgehead atoms. The molecule has 4 nitrogen and oxygen atoms in total. The molecule has 14 heavy (non-hydrogen) atoms. The van der Waals surface area contributed by atoms with Crippen LogP contribution in [0.3, 0.4) is 0 Å². The lowest BCUT2D eigenvalue weighted by atomic mass is 10.0. The number of nitrogens with one attached hydrogen (secondary N) is 1. The number of anilines is 2. The summed E-state index contributed by atoms with van der Waals surface area (Å²) < 4.78 is 0. The average molecular weight is 192 g/mol. The third-order valence-corrected chi connectivity index (χ3v) is 3.00. The average Bonchev–Trinajstić information content (AvgIpc) is 2.96. The van der Waals surface area contributed by atoms with Crippen LogP contribution in [-0.4, -0.2) is 16.5 Å². The van der Waals surface area contributed by atoms with Gasteiger partial charge in [-0.25, -0.2) is 4.98 Å². The van der Waals surface area contributed by atoms with E-state index in [-0.39, 0.29) is 0 Å². The Morgan fingerprint density at radius 3 is 2.86 bits per heavy atom. The number of rotatable bonds is 4. The van der Waals surface area contributed by atoms with Gasteiger partial charge in [0.25, 0.3) is 0 Å². The van der Waals surface area contributed by atoms with Crippen LogP contribution in [0.15, 0.2) is 12.4 Å². The highest BCUT2D eigenvalue weighted by Gasteiger charge is 2.40. The number of nitrogens with zero attached hydrogens (tertiary/aromatic N) is 2. The second-order valence-corrected chi connectivity index (χ2v) is 4.04. The minimum atomic E-state index is 0.469. The van der Waals surface area contributed by atoms with Gasteiger partial charge in [0.2, 0.25) is 0 Å². The molecule has 1 saturated carbocycles. The lowest BCUT2D eigenvalue weighted by Crippen LogP contribution is -2.15. The zero-order chi connectivity index (χ0) is 10.0. The Hall–Kier alpha value is -1.32. The van der Waals surface area contributed by atoms with E-state index in [1.54, 1.807) is 12.4 Å². The first-order chi connectivity index (χ1) is 6.74. The fourth-order valence-corrected chi connectivity index (χ4v) is 1.58. The molecule has 0 amide bonds. The van der Waals surface area contributed by atoms with Crippen molar-refractivity contribution < 1.29 is 0 Å². The molecule has 1 fully saturated rings. The third-order valence-electron chi connectivity index (χ3n) is 3.00. The molecule has 0 aromatic carbocycles. The van der Waals surface area contributed by atoms with E-state index in [9.17, 15) is 0 Å². The maximum atomic E-state index is 5.53. The Morgan fingerprint density at radius 2 is 2.29 bits per heavy atom. The molecule has 0 spiro atoms. The highest BCUT2D eigenvalue weighted by Crippen LogP contribution is 2.48. The molecule has 1 heterocycles. The van der Waals surface area contributed by atoms with E-state index in [1.807, 2.05) is 0 Å². The fraction of sp³-hybridized carbons (Fsp3) is 0.600. The highest BCUT2D eigenvalue weighted by atomic mass is 15.0. The van der Waals surface area contributed by atoms with Gasteiger partial charge < -0.3 is 11.1 Å². The minimum absolute atomic E-state index is 0.469. The zero-order valence-corrected chi connectivity index (χ0v) is 8.45. The van der Waals surface area contributed by atoms with Crippen LogP contribution in [0, 0.1) is 5.41 Å². The molecule has 0 aliphatic heterocycles. The van der Waals surface area contributed by atoms with Crippen molar-refractivity contribution in [1.82, 2.24) is 9.97 Å². The lowest BCUT2D eigenvalue weighted by molar-refractivity contribution is 0.520. The van der Waals surface area contributed by atoms with Crippen molar-refractivity contribution in [3.8, 4) is 0 Å². The smallest absolute Gasteiger partial charge is 0.146 e. The Kier molecular flexibility index (Phi) is 2.27. The second kappa shape index (κ2) is 3.44. The van der Waals surface area contributed by atoms with Gasteiger partial charge in [0.15, 0.2) is 0 Å². The van der Waals surface area contributed by atoms with Crippen molar-refractivity contribution in [2.24, 2.45) is 5.41 Å². The Balaban J connectivity index is 1.92.